The Balaban J connectivity index is 1.76. The average molecular weight is 307 g/mol. The van der Waals surface area contributed by atoms with E-state index in [0.717, 1.165) is 17.9 Å². The van der Waals surface area contributed by atoms with Crippen molar-refractivity contribution in [3.05, 3.63) is 35.5 Å². The minimum atomic E-state index is -0.242. The molecule has 0 aliphatic carbocycles. The molecule has 0 aromatic carbocycles. The number of carbonyl (C=O) groups is 1. The van der Waals surface area contributed by atoms with E-state index < -0.39 is 0 Å². The number of aromatic nitrogens is 2. The Kier molecular flexibility index (Phi) is 4.17. The van der Waals surface area contributed by atoms with Crippen LogP contribution in [0.15, 0.2) is 29.9 Å². The highest BCUT2D eigenvalue weighted by Gasteiger charge is 2.21. The second kappa shape index (κ2) is 6.23. The van der Waals surface area contributed by atoms with Crippen LogP contribution in [0.2, 0.25) is 0 Å². The molecule has 2 aromatic rings. The summed E-state index contributed by atoms with van der Waals surface area (Å²) < 4.78 is 5.84. The molecule has 1 N–H and O–H groups in total. The van der Waals surface area contributed by atoms with E-state index in [0.29, 0.717) is 16.6 Å². The van der Waals surface area contributed by atoms with E-state index in [2.05, 4.69) is 15.3 Å². The Morgan fingerprint density at radius 3 is 3.10 bits per heavy atom. The van der Waals surface area contributed by atoms with Gasteiger partial charge in [0.15, 0.2) is 5.13 Å². The van der Waals surface area contributed by atoms with Crippen molar-refractivity contribution in [1.82, 2.24) is 9.97 Å². The Labute approximate surface area is 124 Å². The molecule has 1 saturated heterocycles. The minimum Gasteiger partial charge on any atom is -0.473 e. The number of anilines is 1. The third-order valence-corrected chi connectivity index (χ3v) is 4.66. The summed E-state index contributed by atoms with van der Waals surface area (Å²) in [6, 6.07) is 3.44. The lowest BCUT2D eigenvalue weighted by Crippen LogP contribution is -2.20. The van der Waals surface area contributed by atoms with E-state index in [1.54, 1.807) is 24.5 Å². The number of carbonyl (C=O) groups excluding carboxylic acids is 1. The lowest BCUT2D eigenvalue weighted by atomic mass is 10.2. The largest absolute Gasteiger partial charge is 0.473 e. The Hall–Kier alpha value is -1.60. The molecule has 0 radical (unpaired) electrons. The number of hydrogen-bond donors (Lipinski definition) is 1. The lowest BCUT2D eigenvalue weighted by Gasteiger charge is -2.14. The molecule has 5 nitrogen and oxygen atoms in total. The molecular weight excluding hydrogens is 294 g/mol. The monoisotopic (exact) mass is 307 g/mol. The van der Waals surface area contributed by atoms with Crippen LogP contribution >= 0.6 is 23.1 Å². The van der Waals surface area contributed by atoms with Gasteiger partial charge in [0, 0.05) is 23.5 Å². The van der Waals surface area contributed by atoms with E-state index in [1.165, 1.54) is 11.3 Å². The molecule has 2 aromatic heterocycles. The molecule has 20 heavy (non-hydrogen) atoms. The highest BCUT2D eigenvalue weighted by molar-refractivity contribution is 7.99. The van der Waals surface area contributed by atoms with E-state index in [9.17, 15) is 4.79 Å². The first-order valence-electron chi connectivity index (χ1n) is 6.23. The van der Waals surface area contributed by atoms with Crippen molar-refractivity contribution < 1.29 is 9.53 Å². The van der Waals surface area contributed by atoms with Gasteiger partial charge in [0.05, 0.1) is 0 Å². The molecule has 0 spiro atoms. The topological polar surface area (TPSA) is 64.1 Å². The van der Waals surface area contributed by atoms with Gasteiger partial charge in [0.1, 0.15) is 11.7 Å². The van der Waals surface area contributed by atoms with Crippen LogP contribution in [0.25, 0.3) is 0 Å². The molecule has 1 fully saturated rings. The van der Waals surface area contributed by atoms with Gasteiger partial charge in [-0.25, -0.2) is 9.97 Å². The molecule has 1 aliphatic rings. The Bertz CT molecular complexity index is 583. The third kappa shape index (κ3) is 3.10. The maximum Gasteiger partial charge on any atom is 0.262 e. The number of thioether (sulfide) groups is 1. The van der Waals surface area contributed by atoms with Crippen LogP contribution in [0.3, 0.4) is 0 Å². The summed E-state index contributed by atoms with van der Waals surface area (Å²) in [5, 5.41) is 5.13. The molecule has 7 heteroatoms. The summed E-state index contributed by atoms with van der Waals surface area (Å²) in [6.45, 7) is 0. The predicted octanol–water partition coefficient (Wildman–Crippen LogP) is 2.67. The first kappa shape index (κ1) is 13.4. The maximum atomic E-state index is 12.2. The van der Waals surface area contributed by atoms with Gasteiger partial charge >= 0.3 is 0 Å². The lowest BCUT2D eigenvalue weighted by molar-refractivity contribution is 0.101. The van der Waals surface area contributed by atoms with Crippen LogP contribution in [0.1, 0.15) is 16.8 Å². The number of amides is 1. The molecule has 1 unspecified atom stereocenters. The Morgan fingerprint density at radius 1 is 1.40 bits per heavy atom. The normalized spacial score (nSPS) is 17.9. The fourth-order valence-corrected chi connectivity index (χ4v) is 3.49. The van der Waals surface area contributed by atoms with E-state index in [-0.39, 0.29) is 12.0 Å². The van der Waals surface area contributed by atoms with Crippen molar-refractivity contribution >= 4 is 34.1 Å². The van der Waals surface area contributed by atoms with Gasteiger partial charge in [-0.3, -0.25) is 10.1 Å². The summed E-state index contributed by atoms with van der Waals surface area (Å²) in [4.78, 5) is 20.5. The van der Waals surface area contributed by atoms with Gasteiger partial charge in [-0.1, -0.05) is 0 Å². The summed E-state index contributed by atoms with van der Waals surface area (Å²) in [7, 11) is 0. The van der Waals surface area contributed by atoms with E-state index >= 15 is 0 Å². The SMILES string of the molecule is O=C(Nc1nccs1)c1cccnc1OC1CCSC1. The minimum absolute atomic E-state index is 0.140. The number of rotatable bonds is 4. The number of thiazole rings is 1. The van der Waals surface area contributed by atoms with E-state index in [1.807, 2.05) is 17.1 Å². The van der Waals surface area contributed by atoms with Crippen molar-refractivity contribution in [1.29, 1.82) is 0 Å². The highest BCUT2D eigenvalue weighted by Crippen LogP contribution is 2.24. The summed E-state index contributed by atoms with van der Waals surface area (Å²) >= 11 is 3.23. The molecular formula is C13H13N3O2S2. The van der Waals surface area contributed by atoms with Gasteiger partial charge in [0.2, 0.25) is 5.88 Å². The number of nitrogens with zero attached hydrogens (tertiary/aromatic N) is 2. The van der Waals surface area contributed by atoms with Crippen LogP contribution in [-0.4, -0.2) is 33.5 Å². The smallest absolute Gasteiger partial charge is 0.262 e. The summed E-state index contributed by atoms with van der Waals surface area (Å²) in [6.07, 6.45) is 4.42. The second-order valence-electron chi connectivity index (χ2n) is 4.25. The van der Waals surface area contributed by atoms with Crippen molar-refractivity contribution in [2.24, 2.45) is 0 Å². The standard InChI is InChI=1S/C13H13N3O2S2/c17-11(16-13-15-5-7-20-13)10-2-1-4-14-12(10)18-9-3-6-19-8-9/h1-2,4-5,7,9H,3,6,8H2,(H,15,16,17). The maximum absolute atomic E-state index is 12.2. The van der Waals surface area contributed by atoms with Gasteiger partial charge in [-0.15, -0.1) is 11.3 Å². The second-order valence-corrected chi connectivity index (χ2v) is 6.30. The van der Waals surface area contributed by atoms with Crippen LogP contribution in [0.5, 0.6) is 5.88 Å². The van der Waals surface area contributed by atoms with Crippen molar-refractivity contribution in [3.8, 4) is 5.88 Å². The molecule has 0 bridgehead atoms. The van der Waals surface area contributed by atoms with Gasteiger partial charge in [-0.05, 0) is 24.3 Å². The third-order valence-electron chi connectivity index (χ3n) is 2.83. The summed E-state index contributed by atoms with van der Waals surface area (Å²) in [5.74, 6) is 2.20. The molecule has 3 heterocycles. The van der Waals surface area contributed by atoms with Crippen molar-refractivity contribution in [2.45, 2.75) is 12.5 Å². The highest BCUT2D eigenvalue weighted by atomic mass is 32.2. The van der Waals surface area contributed by atoms with Crippen LogP contribution < -0.4 is 10.1 Å². The van der Waals surface area contributed by atoms with Gasteiger partial charge < -0.3 is 4.74 Å². The zero-order valence-corrected chi connectivity index (χ0v) is 12.2. The first-order valence-corrected chi connectivity index (χ1v) is 8.26. The number of nitrogens with one attached hydrogen (secondary N) is 1. The fourth-order valence-electron chi connectivity index (χ4n) is 1.87. The average Bonchev–Trinajstić information content (AvgIpc) is 3.13. The van der Waals surface area contributed by atoms with Crippen molar-refractivity contribution in [2.75, 3.05) is 16.8 Å². The fraction of sp³-hybridized carbons (Fsp3) is 0.308. The molecule has 3 rings (SSSR count). The predicted molar refractivity (Wildman–Crippen MR) is 80.7 cm³/mol. The number of hydrogen-bond acceptors (Lipinski definition) is 6. The van der Waals surface area contributed by atoms with Crippen LogP contribution in [0, 0.1) is 0 Å². The van der Waals surface area contributed by atoms with Gasteiger partial charge in [0.25, 0.3) is 5.91 Å². The molecule has 1 aliphatic heterocycles. The molecule has 0 saturated carbocycles. The zero-order chi connectivity index (χ0) is 13.8. The zero-order valence-electron chi connectivity index (χ0n) is 10.6. The molecule has 1 atom stereocenters. The Morgan fingerprint density at radius 2 is 2.35 bits per heavy atom. The summed E-state index contributed by atoms with van der Waals surface area (Å²) in [5.41, 5.74) is 0.444. The van der Waals surface area contributed by atoms with Crippen molar-refractivity contribution in [3.63, 3.8) is 0 Å². The van der Waals surface area contributed by atoms with Crippen LogP contribution in [-0.2, 0) is 0 Å². The number of ether oxygens (including phenoxy) is 1. The van der Waals surface area contributed by atoms with Crippen LogP contribution in [0.4, 0.5) is 5.13 Å². The first-order chi connectivity index (χ1) is 9.83. The number of pyridine rings is 1. The molecule has 104 valence electrons. The quantitative estimate of drug-likeness (QED) is 0.941. The van der Waals surface area contributed by atoms with Gasteiger partial charge in [-0.2, -0.15) is 11.8 Å². The van der Waals surface area contributed by atoms with E-state index in [4.69, 9.17) is 4.74 Å². The molecule has 1 amide bonds.